The van der Waals surface area contributed by atoms with E-state index in [1.54, 1.807) is 25.1 Å². The Hall–Kier alpha value is -4.38. The van der Waals surface area contributed by atoms with Gasteiger partial charge in [-0.25, -0.2) is 14.4 Å². The molecule has 1 N–H and O–H groups in total. The molecule has 3 aliphatic heterocycles. The first-order chi connectivity index (χ1) is 22.9. The van der Waals surface area contributed by atoms with E-state index in [4.69, 9.17) is 14.2 Å². The van der Waals surface area contributed by atoms with Crippen molar-refractivity contribution in [3.8, 4) is 23.2 Å². The highest BCUT2D eigenvalue weighted by Crippen LogP contribution is 2.29. The number of carbonyl (C=O) groups excluding carboxylic acids is 1. The maximum atomic E-state index is 15.1. The molecule has 1 unspecified atom stereocenters. The molecule has 3 fully saturated rings. The fourth-order valence-corrected chi connectivity index (χ4v) is 6.02. The van der Waals surface area contributed by atoms with E-state index in [9.17, 15) is 10.1 Å². The summed E-state index contributed by atoms with van der Waals surface area (Å²) < 4.78 is 32.0. The third kappa shape index (κ3) is 7.78. The number of nitrogens with one attached hydrogen (secondary N) is 1. The number of hydrogen-bond donors (Lipinski definition) is 1. The molecule has 248 valence electrons. The lowest BCUT2D eigenvalue weighted by molar-refractivity contribution is -0.146. The summed E-state index contributed by atoms with van der Waals surface area (Å²) in [5.41, 5.74) is 2.85. The summed E-state index contributed by atoms with van der Waals surface area (Å²) in [6.07, 6.45) is -0.283. The van der Waals surface area contributed by atoms with Crippen molar-refractivity contribution in [3.05, 3.63) is 54.4 Å². The molecule has 0 spiro atoms. The Bertz CT molecular complexity index is 1560. The van der Waals surface area contributed by atoms with Crippen molar-refractivity contribution in [2.75, 3.05) is 69.3 Å². The summed E-state index contributed by atoms with van der Waals surface area (Å²) in [6, 6.07) is 15.9. The zero-order valence-electron chi connectivity index (χ0n) is 26.8. The highest BCUT2D eigenvalue weighted by atomic mass is 19.1. The number of nitriles is 1. The lowest BCUT2D eigenvalue weighted by Gasteiger charge is -2.43. The molecule has 1 amide bonds. The van der Waals surface area contributed by atoms with Crippen molar-refractivity contribution in [2.24, 2.45) is 0 Å². The van der Waals surface area contributed by atoms with Gasteiger partial charge in [-0.05, 0) is 55.8 Å². The molecule has 0 aliphatic carbocycles. The molecule has 2 aromatic carbocycles. The summed E-state index contributed by atoms with van der Waals surface area (Å²) >= 11 is 0. The number of halogens is 1. The van der Waals surface area contributed by atoms with E-state index in [2.05, 4.69) is 48.3 Å². The smallest absolute Gasteiger partial charge is 0.251 e. The number of piperidine rings is 1. The number of hydrogen-bond acceptors (Lipinski definition) is 11. The number of aromatic nitrogens is 3. The van der Waals surface area contributed by atoms with Crippen molar-refractivity contribution < 1.29 is 23.4 Å². The molecule has 0 bridgehead atoms. The first kappa shape index (κ1) is 32.6. The van der Waals surface area contributed by atoms with Crippen LogP contribution in [-0.2, 0) is 14.3 Å². The Kier molecular flexibility index (Phi) is 10.4. The van der Waals surface area contributed by atoms with E-state index in [1.807, 2.05) is 19.1 Å². The average molecular weight is 645 g/mol. The molecular weight excluding hydrogens is 603 g/mol. The third-order valence-corrected chi connectivity index (χ3v) is 8.86. The molecule has 0 saturated carbocycles. The second-order valence-electron chi connectivity index (χ2n) is 12.1. The summed E-state index contributed by atoms with van der Waals surface area (Å²) in [5.74, 6) is 0.795. The van der Waals surface area contributed by atoms with Gasteiger partial charge in [0.1, 0.15) is 30.4 Å². The molecule has 47 heavy (non-hydrogen) atoms. The first-order valence-corrected chi connectivity index (χ1v) is 16.3. The number of amides is 1. The van der Waals surface area contributed by atoms with E-state index in [1.165, 1.54) is 16.9 Å². The van der Waals surface area contributed by atoms with Crippen LogP contribution in [0.4, 0.5) is 21.7 Å². The van der Waals surface area contributed by atoms with Crippen molar-refractivity contribution in [3.63, 3.8) is 0 Å². The second kappa shape index (κ2) is 15.0. The van der Waals surface area contributed by atoms with E-state index < -0.39 is 18.4 Å². The Morgan fingerprint density at radius 3 is 2.60 bits per heavy atom. The van der Waals surface area contributed by atoms with E-state index >= 15 is 4.39 Å². The number of rotatable bonds is 11. The Balaban J connectivity index is 1.05. The molecule has 6 rings (SSSR count). The molecule has 13 heteroatoms. The van der Waals surface area contributed by atoms with Crippen LogP contribution in [0.2, 0.25) is 0 Å². The van der Waals surface area contributed by atoms with Gasteiger partial charge >= 0.3 is 0 Å². The highest BCUT2D eigenvalue weighted by Gasteiger charge is 2.35. The predicted octanol–water partition coefficient (Wildman–Crippen LogP) is 3.81. The summed E-state index contributed by atoms with van der Waals surface area (Å²) in [5, 5.41) is 13.1. The SMILES string of the molecule is CCCOC(C)C(=O)N1CC[C@H](Oc2ccc(-c3ncnc(Nc4ccc(N5CCN(C6COC6)CC5)cc4)n3)cc2C#N)[C@H](F)C1. The fraction of sp³-hybridized carbons (Fsp3) is 0.500. The van der Waals surface area contributed by atoms with Crippen LogP contribution in [0, 0.1) is 11.3 Å². The summed E-state index contributed by atoms with van der Waals surface area (Å²) in [6.45, 7) is 10.1. The van der Waals surface area contributed by atoms with Gasteiger partial charge < -0.3 is 29.3 Å². The van der Waals surface area contributed by atoms with Crippen LogP contribution in [0.3, 0.4) is 0 Å². The van der Waals surface area contributed by atoms with Crippen LogP contribution in [0.15, 0.2) is 48.8 Å². The van der Waals surface area contributed by atoms with Gasteiger partial charge in [0, 0.05) is 62.7 Å². The first-order valence-electron chi connectivity index (χ1n) is 16.3. The van der Waals surface area contributed by atoms with Crippen LogP contribution >= 0.6 is 0 Å². The van der Waals surface area contributed by atoms with Gasteiger partial charge in [0.15, 0.2) is 12.0 Å². The lowest BCUT2D eigenvalue weighted by atomic mass is 10.0. The van der Waals surface area contributed by atoms with E-state index in [0.29, 0.717) is 43.0 Å². The maximum absolute atomic E-state index is 15.1. The van der Waals surface area contributed by atoms with Crippen LogP contribution in [0.1, 0.15) is 32.3 Å². The quantitative estimate of drug-likeness (QED) is 0.327. The normalized spacial score (nSPS) is 21.1. The van der Waals surface area contributed by atoms with E-state index in [-0.39, 0.29) is 23.8 Å². The third-order valence-electron chi connectivity index (χ3n) is 8.86. The zero-order valence-corrected chi connectivity index (χ0v) is 26.8. The molecular formula is C34H41FN8O4. The number of benzene rings is 2. The van der Waals surface area contributed by atoms with Gasteiger partial charge in [0.05, 0.1) is 31.4 Å². The average Bonchev–Trinajstić information content (AvgIpc) is 3.08. The standard InChI is InChI=1S/C34H41FN8O4/c1-3-16-46-23(2)33(44)43-11-10-31(29(35)19-43)47-30-9-4-24(17-25(30)18-36)32-37-22-38-34(40-32)39-26-5-7-27(8-6-26)41-12-14-42(15-13-41)28-20-45-21-28/h4-9,17,22-23,28-29,31H,3,10-16,19-21H2,1-2H3,(H,37,38,39,40)/t23?,29-,31+/m1/s1. The van der Waals surface area contributed by atoms with Crippen LogP contribution in [-0.4, -0.2) is 114 Å². The van der Waals surface area contributed by atoms with Gasteiger partial charge in [-0.2, -0.15) is 10.2 Å². The monoisotopic (exact) mass is 644 g/mol. The number of likely N-dealkylation sites (tertiary alicyclic amines) is 1. The molecule has 12 nitrogen and oxygen atoms in total. The zero-order chi connectivity index (χ0) is 32.8. The van der Waals surface area contributed by atoms with Crippen LogP contribution in [0.25, 0.3) is 11.4 Å². The number of nitrogens with zero attached hydrogens (tertiary/aromatic N) is 7. The maximum Gasteiger partial charge on any atom is 0.251 e. The van der Waals surface area contributed by atoms with E-state index in [0.717, 1.165) is 51.5 Å². The van der Waals surface area contributed by atoms with Crippen molar-refractivity contribution >= 4 is 23.2 Å². The summed E-state index contributed by atoms with van der Waals surface area (Å²) in [4.78, 5) is 32.2. The predicted molar refractivity (Wildman–Crippen MR) is 174 cm³/mol. The van der Waals surface area contributed by atoms with Gasteiger partial charge in [0.25, 0.3) is 5.91 Å². The van der Waals surface area contributed by atoms with Crippen molar-refractivity contribution in [1.29, 1.82) is 5.26 Å². The largest absolute Gasteiger partial charge is 0.486 e. The molecule has 4 heterocycles. The van der Waals surface area contributed by atoms with Gasteiger partial charge in [-0.3, -0.25) is 9.69 Å². The number of ether oxygens (including phenoxy) is 3. The Morgan fingerprint density at radius 2 is 1.91 bits per heavy atom. The molecule has 3 atom stereocenters. The van der Waals surface area contributed by atoms with Gasteiger partial charge in [0.2, 0.25) is 5.95 Å². The van der Waals surface area contributed by atoms with Crippen molar-refractivity contribution in [2.45, 2.75) is 51.1 Å². The van der Waals surface area contributed by atoms with Crippen LogP contribution < -0.4 is 15.0 Å². The number of piperazine rings is 1. The number of alkyl halides is 1. The minimum absolute atomic E-state index is 0.0831. The molecule has 0 radical (unpaired) electrons. The molecule has 3 saturated heterocycles. The summed E-state index contributed by atoms with van der Waals surface area (Å²) in [7, 11) is 0. The Morgan fingerprint density at radius 1 is 1.13 bits per heavy atom. The molecule has 3 aromatic rings. The molecule has 1 aromatic heterocycles. The van der Waals surface area contributed by atoms with Crippen molar-refractivity contribution in [1.82, 2.24) is 24.8 Å². The highest BCUT2D eigenvalue weighted by molar-refractivity contribution is 5.80. The minimum atomic E-state index is -1.40. The lowest BCUT2D eigenvalue weighted by Crippen LogP contribution is -2.56. The molecule has 3 aliphatic rings. The minimum Gasteiger partial charge on any atom is -0.486 e. The number of carbonyl (C=O) groups is 1. The second-order valence-corrected chi connectivity index (χ2v) is 12.1. The number of anilines is 3. The van der Waals surface area contributed by atoms with Gasteiger partial charge in [-0.1, -0.05) is 6.92 Å². The fourth-order valence-electron chi connectivity index (χ4n) is 6.02. The topological polar surface area (TPSA) is 129 Å². The van der Waals surface area contributed by atoms with Gasteiger partial charge in [-0.15, -0.1) is 0 Å². The van der Waals surface area contributed by atoms with Crippen LogP contribution in [0.5, 0.6) is 5.75 Å². The Labute approximate surface area is 274 Å².